The van der Waals surface area contributed by atoms with Gasteiger partial charge in [0.1, 0.15) is 11.4 Å². The van der Waals surface area contributed by atoms with Crippen molar-refractivity contribution in [2.75, 3.05) is 12.3 Å². The molecule has 0 bridgehead atoms. The summed E-state index contributed by atoms with van der Waals surface area (Å²) in [6.07, 6.45) is 0. The van der Waals surface area contributed by atoms with E-state index in [1.807, 2.05) is 38.1 Å². The molecule has 1 fully saturated rings. The number of rotatable bonds is 4. The van der Waals surface area contributed by atoms with Crippen molar-refractivity contribution < 1.29 is 9.59 Å². The third-order valence-electron chi connectivity index (χ3n) is 3.42. The van der Waals surface area contributed by atoms with E-state index in [-0.39, 0.29) is 17.2 Å². The lowest BCUT2D eigenvalue weighted by Gasteiger charge is -2.29. The quantitative estimate of drug-likeness (QED) is 0.924. The van der Waals surface area contributed by atoms with E-state index in [2.05, 4.69) is 5.32 Å². The predicted molar refractivity (Wildman–Crippen MR) is 81.4 cm³/mol. The van der Waals surface area contributed by atoms with E-state index in [1.165, 1.54) is 5.56 Å². The molecule has 2 atom stereocenters. The smallest absolute Gasteiger partial charge is 0.242 e. The molecule has 108 valence electrons. The largest absolute Gasteiger partial charge is 0.355 e. The van der Waals surface area contributed by atoms with Crippen LogP contribution in [0.1, 0.15) is 30.3 Å². The summed E-state index contributed by atoms with van der Waals surface area (Å²) in [7, 11) is 0. The fourth-order valence-electron chi connectivity index (χ4n) is 2.29. The second kappa shape index (κ2) is 6.31. The van der Waals surface area contributed by atoms with Crippen LogP contribution in [0.25, 0.3) is 0 Å². The Morgan fingerprint density at radius 1 is 1.45 bits per heavy atom. The normalized spacial score (nSPS) is 20.1. The zero-order valence-corrected chi connectivity index (χ0v) is 12.9. The van der Waals surface area contributed by atoms with Gasteiger partial charge in [-0.25, -0.2) is 0 Å². The second-order valence-electron chi connectivity index (χ2n) is 4.95. The molecule has 2 unspecified atom stereocenters. The van der Waals surface area contributed by atoms with Crippen LogP contribution in [0.4, 0.5) is 0 Å². The zero-order chi connectivity index (χ0) is 14.7. The molecule has 1 aliphatic rings. The van der Waals surface area contributed by atoms with Gasteiger partial charge in [0, 0.05) is 6.54 Å². The van der Waals surface area contributed by atoms with Gasteiger partial charge in [-0.2, -0.15) is 0 Å². The van der Waals surface area contributed by atoms with Crippen LogP contribution in [0.15, 0.2) is 24.3 Å². The Morgan fingerprint density at radius 2 is 2.10 bits per heavy atom. The van der Waals surface area contributed by atoms with Crippen molar-refractivity contribution in [3.8, 4) is 0 Å². The van der Waals surface area contributed by atoms with E-state index < -0.39 is 6.04 Å². The lowest BCUT2D eigenvalue weighted by atomic mass is 10.1. The van der Waals surface area contributed by atoms with Crippen LogP contribution in [0.5, 0.6) is 0 Å². The molecule has 1 aromatic rings. The molecular weight excluding hydrogens is 272 g/mol. The number of thioether (sulfide) groups is 1. The SMILES string of the molecule is CCNC(=O)C(C)N1C(=O)CSC1c1ccc(C)cc1. The van der Waals surface area contributed by atoms with Crippen molar-refractivity contribution in [2.24, 2.45) is 0 Å². The van der Waals surface area contributed by atoms with Gasteiger partial charge in [-0.05, 0) is 26.3 Å². The van der Waals surface area contributed by atoms with E-state index in [1.54, 1.807) is 23.6 Å². The number of benzene rings is 1. The third-order valence-corrected chi connectivity index (χ3v) is 4.64. The average Bonchev–Trinajstić information content (AvgIpc) is 2.81. The Balaban J connectivity index is 2.22. The van der Waals surface area contributed by atoms with Crippen molar-refractivity contribution in [1.82, 2.24) is 10.2 Å². The molecule has 2 amide bonds. The van der Waals surface area contributed by atoms with Crippen molar-refractivity contribution in [3.05, 3.63) is 35.4 Å². The van der Waals surface area contributed by atoms with Crippen LogP contribution in [0.2, 0.25) is 0 Å². The summed E-state index contributed by atoms with van der Waals surface area (Å²) in [6, 6.07) is 7.69. The first-order chi connectivity index (χ1) is 9.54. The summed E-state index contributed by atoms with van der Waals surface area (Å²) in [4.78, 5) is 25.8. The van der Waals surface area contributed by atoms with Gasteiger partial charge in [-0.3, -0.25) is 9.59 Å². The van der Waals surface area contributed by atoms with Gasteiger partial charge in [0.15, 0.2) is 0 Å². The monoisotopic (exact) mass is 292 g/mol. The van der Waals surface area contributed by atoms with Crippen LogP contribution >= 0.6 is 11.8 Å². The molecule has 4 nitrogen and oxygen atoms in total. The van der Waals surface area contributed by atoms with Gasteiger partial charge in [0.25, 0.3) is 0 Å². The molecule has 1 N–H and O–H groups in total. The maximum Gasteiger partial charge on any atom is 0.242 e. The molecule has 2 rings (SSSR count). The minimum atomic E-state index is -0.441. The first-order valence-electron chi connectivity index (χ1n) is 6.81. The summed E-state index contributed by atoms with van der Waals surface area (Å²) in [6.45, 7) is 6.28. The highest BCUT2D eigenvalue weighted by Gasteiger charge is 2.38. The molecule has 0 radical (unpaired) electrons. The Bertz CT molecular complexity index is 501. The number of nitrogens with one attached hydrogen (secondary N) is 1. The number of carbonyl (C=O) groups is 2. The molecule has 0 aliphatic carbocycles. The molecule has 5 heteroatoms. The fourth-order valence-corrected chi connectivity index (χ4v) is 3.55. The van der Waals surface area contributed by atoms with Crippen LogP contribution in [-0.4, -0.2) is 35.1 Å². The summed E-state index contributed by atoms with van der Waals surface area (Å²) < 4.78 is 0. The van der Waals surface area contributed by atoms with Gasteiger partial charge < -0.3 is 10.2 Å². The van der Waals surface area contributed by atoms with Crippen LogP contribution in [0, 0.1) is 6.92 Å². The molecule has 0 aromatic heterocycles. The Labute approximate surface area is 123 Å². The lowest BCUT2D eigenvalue weighted by molar-refractivity contribution is -0.137. The van der Waals surface area contributed by atoms with Gasteiger partial charge in [-0.1, -0.05) is 29.8 Å². The zero-order valence-electron chi connectivity index (χ0n) is 12.1. The maximum atomic E-state index is 12.1. The summed E-state index contributed by atoms with van der Waals surface area (Å²) in [5.41, 5.74) is 2.26. The van der Waals surface area contributed by atoms with Gasteiger partial charge in [0.2, 0.25) is 11.8 Å². The Kier molecular flexibility index (Phi) is 4.70. The highest BCUT2D eigenvalue weighted by molar-refractivity contribution is 8.00. The minimum Gasteiger partial charge on any atom is -0.355 e. The number of likely N-dealkylation sites (N-methyl/N-ethyl adjacent to an activating group) is 1. The molecule has 0 spiro atoms. The first-order valence-corrected chi connectivity index (χ1v) is 7.86. The Hall–Kier alpha value is -1.49. The van der Waals surface area contributed by atoms with Crippen molar-refractivity contribution in [3.63, 3.8) is 0 Å². The Morgan fingerprint density at radius 3 is 2.70 bits per heavy atom. The predicted octanol–water partition coefficient (Wildman–Crippen LogP) is 2.09. The minimum absolute atomic E-state index is 0.0272. The maximum absolute atomic E-state index is 12.1. The van der Waals surface area contributed by atoms with Crippen LogP contribution in [0.3, 0.4) is 0 Å². The van der Waals surface area contributed by atoms with E-state index in [9.17, 15) is 9.59 Å². The average molecular weight is 292 g/mol. The van der Waals surface area contributed by atoms with E-state index in [4.69, 9.17) is 0 Å². The van der Waals surface area contributed by atoms with E-state index >= 15 is 0 Å². The molecule has 1 heterocycles. The van der Waals surface area contributed by atoms with E-state index in [0.717, 1.165) is 5.56 Å². The standard InChI is InChI=1S/C15H20N2O2S/c1-4-16-14(19)11(3)17-13(18)9-20-15(17)12-7-5-10(2)6-8-12/h5-8,11,15H,4,9H2,1-3H3,(H,16,19). The van der Waals surface area contributed by atoms with Crippen molar-refractivity contribution >= 4 is 23.6 Å². The lowest BCUT2D eigenvalue weighted by Crippen LogP contribution is -2.46. The van der Waals surface area contributed by atoms with Gasteiger partial charge in [0.05, 0.1) is 5.75 Å². The van der Waals surface area contributed by atoms with Gasteiger partial charge >= 0.3 is 0 Å². The fraction of sp³-hybridized carbons (Fsp3) is 0.467. The van der Waals surface area contributed by atoms with Gasteiger partial charge in [-0.15, -0.1) is 11.8 Å². The third kappa shape index (κ3) is 2.98. The molecule has 1 aliphatic heterocycles. The number of hydrogen-bond donors (Lipinski definition) is 1. The van der Waals surface area contributed by atoms with Crippen LogP contribution < -0.4 is 5.32 Å². The van der Waals surface area contributed by atoms with E-state index in [0.29, 0.717) is 12.3 Å². The number of carbonyl (C=O) groups excluding carboxylic acids is 2. The molecular formula is C15H20N2O2S. The van der Waals surface area contributed by atoms with Crippen LogP contribution in [-0.2, 0) is 9.59 Å². The summed E-state index contributed by atoms with van der Waals surface area (Å²) >= 11 is 1.58. The molecule has 20 heavy (non-hydrogen) atoms. The number of nitrogens with zero attached hydrogens (tertiary/aromatic N) is 1. The number of amides is 2. The van der Waals surface area contributed by atoms with Crippen molar-refractivity contribution in [1.29, 1.82) is 0 Å². The highest BCUT2D eigenvalue weighted by Crippen LogP contribution is 2.39. The second-order valence-corrected chi connectivity index (χ2v) is 6.01. The molecule has 1 aromatic carbocycles. The summed E-state index contributed by atoms with van der Waals surface area (Å²) in [5, 5.41) is 2.71. The molecule has 1 saturated heterocycles. The van der Waals surface area contributed by atoms with Crippen molar-refractivity contribution in [2.45, 2.75) is 32.2 Å². The molecule has 0 saturated carbocycles. The first kappa shape index (κ1) is 14.9. The summed E-state index contributed by atoms with van der Waals surface area (Å²) in [5.74, 6) is 0.363. The highest BCUT2D eigenvalue weighted by atomic mass is 32.2. The number of aryl methyl sites for hydroxylation is 1. The topological polar surface area (TPSA) is 49.4 Å². The number of hydrogen-bond acceptors (Lipinski definition) is 3.